The van der Waals surface area contributed by atoms with Crippen molar-refractivity contribution in [2.45, 2.75) is 77.6 Å². The minimum atomic E-state index is -0.589. The summed E-state index contributed by atoms with van der Waals surface area (Å²) < 4.78 is 43.9. The van der Waals surface area contributed by atoms with Crippen LogP contribution in [0, 0.1) is 35.3 Å². The van der Waals surface area contributed by atoms with Gasteiger partial charge in [0.05, 0.1) is 24.9 Å². The van der Waals surface area contributed by atoms with Gasteiger partial charge in [-0.15, -0.1) is 0 Å². The topological polar surface area (TPSA) is 65.0 Å². The molecule has 7 heteroatoms. The van der Waals surface area contributed by atoms with Gasteiger partial charge in [-0.25, -0.2) is 8.78 Å². The maximum absolute atomic E-state index is 13.7. The molecular weight excluding hydrogens is 442 g/mol. The monoisotopic (exact) mass is 480 g/mol. The van der Waals surface area contributed by atoms with E-state index in [1.54, 1.807) is 0 Å². The Morgan fingerprint density at radius 3 is 2.82 bits per heavy atom. The highest BCUT2D eigenvalue weighted by atomic mass is 19.1. The number of rotatable bonds is 10. The van der Waals surface area contributed by atoms with Crippen molar-refractivity contribution in [3.63, 3.8) is 0 Å². The van der Waals surface area contributed by atoms with Gasteiger partial charge in [-0.1, -0.05) is 19.1 Å². The molecule has 5 nitrogen and oxygen atoms in total. The minimum Gasteiger partial charge on any atom is -0.490 e. The molecule has 0 unspecified atom stereocenters. The number of hydrogen-bond acceptors (Lipinski definition) is 5. The van der Waals surface area contributed by atoms with Crippen molar-refractivity contribution in [3.05, 3.63) is 42.0 Å². The Hall–Kier alpha value is -1.99. The second kappa shape index (κ2) is 12.6. The SMILES string of the molecule is CC(C)OC(=O)CCC[C@H]1CC[C@@H]2[C@@H](/C=C/[C@@H](C)COc3cc(F)ccc3F)[C@H](O)C[C@@H]2OC1. The third-order valence-electron chi connectivity index (χ3n) is 6.76. The third kappa shape index (κ3) is 7.77. The highest BCUT2D eigenvalue weighted by molar-refractivity contribution is 5.69. The van der Waals surface area contributed by atoms with Gasteiger partial charge in [0.1, 0.15) is 5.82 Å². The van der Waals surface area contributed by atoms with Gasteiger partial charge in [-0.05, 0) is 63.5 Å². The average Bonchev–Trinajstić information content (AvgIpc) is 2.94. The number of esters is 1. The van der Waals surface area contributed by atoms with Gasteiger partial charge in [-0.2, -0.15) is 0 Å². The second-order valence-electron chi connectivity index (χ2n) is 10.0. The predicted octanol–water partition coefficient (Wildman–Crippen LogP) is 5.45. The number of carbonyl (C=O) groups is 1. The van der Waals surface area contributed by atoms with E-state index in [-0.39, 0.29) is 48.3 Å². The summed E-state index contributed by atoms with van der Waals surface area (Å²) in [5.41, 5.74) is 0. The minimum absolute atomic E-state index is 0.00174. The van der Waals surface area contributed by atoms with Crippen LogP contribution in [0.15, 0.2) is 30.4 Å². The zero-order valence-corrected chi connectivity index (χ0v) is 20.4. The molecule has 0 aromatic heterocycles. The van der Waals surface area contributed by atoms with E-state index in [1.165, 1.54) is 0 Å². The lowest BCUT2D eigenvalue weighted by Crippen LogP contribution is -2.21. The molecule has 3 rings (SSSR count). The fraction of sp³-hybridized carbons (Fsp3) is 0.667. The molecule has 6 atom stereocenters. The molecule has 1 aliphatic carbocycles. The first-order valence-electron chi connectivity index (χ1n) is 12.5. The number of carbonyl (C=O) groups excluding carboxylic acids is 1. The first-order chi connectivity index (χ1) is 16.2. The Labute approximate surface area is 201 Å². The lowest BCUT2D eigenvalue weighted by Gasteiger charge is -2.21. The van der Waals surface area contributed by atoms with Crippen molar-refractivity contribution < 1.29 is 32.9 Å². The molecule has 0 amide bonds. The molecule has 1 N–H and O–H groups in total. The Kier molecular flexibility index (Phi) is 9.89. The van der Waals surface area contributed by atoms with Crippen LogP contribution in [0.5, 0.6) is 5.75 Å². The number of halogens is 2. The highest BCUT2D eigenvalue weighted by Crippen LogP contribution is 2.42. The Bertz CT molecular complexity index is 827. The summed E-state index contributed by atoms with van der Waals surface area (Å²) in [5.74, 6) is -0.744. The van der Waals surface area contributed by atoms with E-state index >= 15 is 0 Å². The normalized spacial score (nSPS) is 28.0. The lowest BCUT2D eigenvalue weighted by molar-refractivity contribution is -0.147. The first-order valence-corrected chi connectivity index (χ1v) is 12.5. The van der Waals surface area contributed by atoms with Crippen LogP contribution < -0.4 is 4.74 Å². The van der Waals surface area contributed by atoms with E-state index in [1.807, 2.05) is 32.9 Å². The molecular formula is C27H38F2O5. The summed E-state index contributed by atoms with van der Waals surface area (Å²) in [6.07, 6.45) is 8.28. The van der Waals surface area contributed by atoms with Gasteiger partial charge in [0.15, 0.2) is 11.6 Å². The molecule has 1 aromatic rings. The highest BCUT2D eigenvalue weighted by Gasteiger charge is 2.43. The molecule has 34 heavy (non-hydrogen) atoms. The summed E-state index contributed by atoms with van der Waals surface area (Å²) in [7, 11) is 0. The first kappa shape index (κ1) is 26.6. The lowest BCUT2D eigenvalue weighted by atomic mass is 9.86. The quantitative estimate of drug-likeness (QED) is 0.356. The average molecular weight is 481 g/mol. The van der Waals surface area contributed by atoms with Crippen LogP contribution in [-0.2, 0) is 14.3 Å². The van der Waals surface area contributed by atoms with Gasteiger partial charge >= 0.3 is 5.97 Å². The van der Waals surface area contributed by atoms with Crippen molar-refractivity contribution in [2.24, 2.45) is 23.7 Å². The van der Waals surface area contributed by atoms with Crippen molar-refractivity contribution in [3.8, 4) is 5.75 Å². The zero-order chi connectivity index (χ0) is 24.7. The molecule has 0 spiro atoms. The third-order valence-corrected chi connectivity index (χ3v) is 6.76. The predicted molar refractivity (Wildman–Crippen MR) is 125 cm³/mol. The number of ether oxygens (including phenoxy) is 3. The fourth-order valence-electron chi connectivity index (χ4n) is 4.98. The van der Waals surface area contributed by atoms with Crippen LogP contribution in [0.1, 0.15) is 59.3 Å². The summed E-state index contributed by atoms with van der Waals surface area (Å²) in [6, 6.07) is 3.16. The van der Waals surface area contributed by atoms with E-state index in [0.29, 0.717) is 25.4 Å². The van der Waals surface area contributed by atoms with Crippen LogP contribution in [0.25, 0.3) is 0 Å². The molecule has 0 radical (unpaired) electrons. The molecule has 1 heterocycles. The molecule has 0 bridgehead atoms. The second-order valence-corrected chi connectivity index (χ2v) is 10.0. The zero-order valence-electron chi connectivity index (χ0n) is 20.4. The molecule has 1 saturated heterocycles. The molecule has 2 aliphatic rings. The number of aliphatic hydroxyl groups is 1. The van der Waals surface area contributed by atoms with Crippen LogP contribution in [0.4, 0.5) is 8.78 Å². The molecule has 1 aliphatic heterocycles. The summed E-state index contributed by atoms with van der Waals surface area (Å²) in [6.45, 7) is 6.52. The van der Waals surface area contributed by atoms with E-state index < -0.39 is 17.7 Å². The number of fused-ring (bicyclic) bond motifs is 1. The van der Waals surface area contributed by atoms with Crippen LogP contribution in [0.3, 0.4) is 0 Å². The molecule has 1 aromatic carbocycles. The van der Waals surface area contributed by atoms with Gasteiger partial charge < -0.3 is 19.3 Å². The van der Waals surface area contributed by atoms with Crippen molar-refractivity contribution in [2.75, 3.05) is 13.2 Å². The number of benzene rings is 1. The van der Waals surface area contributed by atoms with Crippen LogP contribution in [0.2, 0.25) is 0 Å². The molecule has 1 saturated carbocycles. The van der Waals surface area contributed by atoms with Crippen molar-refractivity contribution >= 4 is 5.97 Å². The van der Waals surface area contributed by atoms with Gasteiger partial charge in [-0.3, -0.25) is 4.79 Å². The smallest absolute Gasteiger partial charge is 0.306 e. The molecule has 190 valence electrons. The summed E-state index contributed by atoms with van der Waals surface area (Å²) in [4.78, 5) is 11.8. The van der Waals surface area contributed by atoms with E-state index in [4.69, 9.17) is 14.2 Å². The van der Waals surface area contributed by atoms with Gasteiger partial charge in [0.25, 0.3) is 0 Å². The Morgan fingerprint density at radius 2 is 2.06 bits per heavy atom. The van der Waals surface area contributed by atoms with Gasteiger partial charge in [0, 0.05) is 37.4 Å². The van der Waals surface area contributed by atoms with Crippen LogP contribution >= 0.6 is 0 Å². The van der Waals surface area contributed by atoms with Gasteiger partial charge in [0.2, 0.25) is 0 Å². The summed E-state index contributed by atoms with van der Waals surface area (Å²) in [5, 5.41) is 10.6. The van der Waals surface area contributed by atoms with Crippen LogP contribution in [-0.4, -0.2) is 42.6 Å². The Balaban J connectivity index is 1.47. The van der Waals surface area contributed by atoms with Crippen molar-refractivity contribution in [1.82, 2.24) is 0 Å². The summed E-state index contributed by atoms with van der Waals surface area (Å²) >= 11 is 0. The largest absolute Gasteiger partial charge is 0.490 e. The van der Waals surface area contributed by atoms with E-state index in [0.717, 1.165) is 43.9 Å². The standard InChI is InChI=1S/C27H38F2O5/c1-17(2)34-27(31)6-4-5-19-8-11-22-21(24(30)14-25(22)33-16-19)10-7-18(3)15-32-26-13-20(28)9-12-23(26)29/h7,9-10,12-13,17-19,21-22,24-25,30H,4-6,8,11,14-16H2,1-3H3/b10-7+/t18-,19+,21-,22-,24-,25+/m1/s1. The number of hydrogen-bond donors (Lipinski definition) is 1. The maximum atomic E-state index is 13.7. The van der Waals surface area contributed by atoms with Crippen molar-refractivity contribution in [1.29, 1.82) is 0 Å². The van der Waals surface area contributed by atoms with E-state index in [9.17, 15) is 18.7 Å². The Morgan fingerprint density at radius 1 is 1.26 bits per heavy atom. The number of aliphatic hydroxyl groups excluding tert-OH is 1. The molecule has 2 fully saturated rings. The maximum Gasteiger partial charge on any atom is 0.306 e. The van der Waals surface area contributed by atoms with E-state index in [2.05, 4.69) is 0 Å². The fourth-order valence-corrected chi connectivity index (χ4v) is 4.98.